The predicted octanol–water partition coefficient (Wildman–Crippen LogP) is 3.65. The van der Waals surface area contributed by atoms with Crippen LogP contribution in [0.3, 0.4) is 0 Å². The van der Waals surface area contributed by atoms with Gasteiger partial charge in [0.2, 0.25) is 0 Å². The lowest BCUT2D eigenvalue weighted by Crippen LogP contribution is -2.43. The SMILES string of the molecule is CCC1(C)CCN(C(CN)c2cc(F)ccc2C)CC1. The summed E-state index contributed by atoms with van der Waals surface area (Å²) >= 11 is 0. The normalized spacial score (nSPS) is 20.9. The number of piperidine rings is 1. The number of nitrogens with zero attached hydrogens (tertiary/aromatic N) is 1. The zero-order valence-electron chi connectivity index (χ0n) is 13.0. The number of likely N-dealkylation sites (tertiary alicyclic amines) is 1. The van der Waals surface area contributed by atoms with E-state index < -0.39 is 0 Å². The van der Waals surface area contributed by atoms with Gasteiger partial charge < -0.3 is 5.73 Å². The lowest BCUT2D eigenvalue weighted by Gasteiger charge is -2.42. The molecule has 2 nitrogen and oxygen atoms in total. The molecule has 2 rings (SSSR count). The molecule has 1 saturated heterocycles. The van der Waals surface area contributed by atoms with Crippen molar-refractivity contribution >= 4 is 0 Å². The van der Waals surface area contributed by atoms with Gasteiger partial charge in [-0.05, 0) is 61.5 Å². The van der Waals surface area contributed by atoms with Crippen molar-refractivity contribution < 1.29 is 4.39 Å². The molecule has 20 heavy (non-hydrogen) atoms. The summed E-state index contributed by atoms with van der Waals surface area (Å²) in [6.45, 7) is 9.34. The van der Waals surface area contributed by atoms with Crippen molar-refractivity contribution in [3.63, 3.8) is 0 Å². The number of rotatable bonds is 4. The van der Waals surface area contributed by atoms with Crippen LogP contribution in [0.2, 0.25) is 0 Å². The monoisotopic (exact) mass is 278 g/mol. The second-order valence-corrected chi connectivity index (χ2v) is 6.45. The fourth-order valence-corrected chi connectivity index (χ4v) is 3.17. The zero-order chi connectivity index (χ0) is 14.8. The molecule has 0 saturated carbocycles. The smallest absolute Gasteiger partial charge is 0.123 e. The van der Waals surface area contributed by atoms with Crippen LogP contribution < -0.4 is 5.73 Å². The summed E-state index contributed by atoms with van der Waals surface area (Å²) in [4.78, 5) is 2.43. The first-order valence-electron chi connectivity index (χ1n) is 7.69. The Morgan fingerprint density at radius 1 is 1.35 bits per heavy atom. The van der Waals surface area contributed by atoms with E-state index in [1.807, 2.05) is 13.0 Å². The third kappa shape index (κ3) is 3.21. The molecule has 1 aromatic carbocycles. The summed E-state index contributed by atoms with van der Waals surface area (Å²) in [5.41, 5.74) is 8.63. The topological polar surface area (TPSA) is 29.3 Å². The lowest BCUT2D eigenvalue weighted by atomic mass is 9.77. The Hall–Kier alpha value is -0.930. The van der Waals surface area contributed by atoms with Gasteiger partial charge in [-0.3, -0.25) is 4.90 Å². The van der Waals surface area contributed by atoms with Gasteiger partial charge in [-0.2, -0.15) is 0 Å². The van der Waals surface area contributed by atoms with E-state index in [2.05, 4.69) is 18.7 Å². The first-order chi connectivity index (χ1) is 9.49. The van der Waals surface area contributed by atoms with Crippen molar-refractivity contribution in [2.24, 2.45) is 11.1 Å². The van der Waals surface area contributed by atoms with Gasteiger partial charge in [0.25, 0.3) is 0 Å². The van der Waals surface area contributed by atoms with Gasteiger partial charge in [0.05, 0.1) is 0 Å². The molecule has 1 atom stereocenters. The summed E-state index contributed by atoms with van der Waals surface area (Å²) in [5.74, 6) is -0.167. The van der Waals surface area contributed by atoms with E-state index in [1.54, 1.807) is 6.07 Å². The molecule has 0 spiro atoms. The number of nitrogens with two attached hydrogens (primary N) is 1. The third-order valence-electron chi connectivity index (χ3n) is 5.12. The van der Waals surface area contributed by atoms with Crippen molar-refractivity contribution in [3.8, 4) is 0 Å². The molecule has 1 fully saturated rings. The van der Waals surface area contributed by atoms with Crippen molar-refractivity contribution in [3.05, 3.63) is 35.1 Å². The highest BCUT2D eigenvalue weighted by molar-refractivity contribution is 5.30. The highest BCUT2D eigenvalue weighted by atomic mass is 19.1. The molecule has 0 amide bonds. The summed E-state index contributed by atoms with van der Waals surface area (Å²) in [6.07, 6.45) is 3.63. The maximum atomic E-state index is 13.5. The highest BCUT2D eigenvalue weighted by Gasteiger charge is 2.31. The zero-order valence-corrected chi connectivity index (χ0v) is 13.0. The fourth-order valence-electron chi connectivity index (χ4n) is 3.17. The van der Waals surface area contributed by atoms with Crippen LogP contribution in [0.1, 0.15) is 50.3 Å². The molecule has 1 unspecified atom stereocenters. The average molecular weight is 278 g/mol. The second kappa shape index (κ2) is 6.23. The van der Waals surface area contributed by atoms with Gasteiger partial charge in [0, 0.05) is 12.6 Å². The Morgan fingerprint density at radius 2 is 2.00 bits per heavy atom. The predicted molar refractivity (Wildman–Crippen MR) is 82.1 cm³/mol. The Bertz CT molecular complexity index is 450. The van der Waals surface area contributed by atoms with Crippen LogP contribution >= 0.6 is 0 Å². The maximum Gasteiger partial charge on any atom is 0.123 e. The lowest BCUT2D eigenvalue weighted by molar-refractivity contribution is 0.0826. The number of halogens is 1. The molecule has 112 valence electrons. The van der Waals surface area contributed by atoms with Gasteiger partial charge in [-0.15, -0.1) is 0 Å². The molecule has 1 aromatic rings. The van der Waals surface area contributed by atoms with Gasteiger partial charge in [0.15, 0.2) is 0 Å². The number of hydrogen-bond donors (Lipinski definition) is 1. The molecular weight excluding hydrogens is 251 g/mol. The van der Waals surface area contributed by atoms with Crippen LogP contribution in [0.4, 0.5) is 4.39 Å². The molecule has 3 heteroatoms. The van der Waals surface area contributed by atoms with Gasteiger partial charge in [-0.1, -0.05) is 26.3 Å². The van der Waals surface area contributed by atoms with E-state index in [0.717, 1.165) is 24.2 Å². The summed E-state index contributed by atoms with van der Waals surface area (Å²) in [5, 5.41) is 0. The minimum absolute atomic E-state index is 0.145. The van der Waals surface area contributed by atoms with Crippen molar-refractivity contribution in [2.45, 2.75) is 46.1 Å². The Labute approximate surface area is 122 Å². The molecule has 1 aliphatic heterocycles. The molecule has 0 bridgehead atoms. The Balaban J connectivity index is 2.15. The molecule has 1 aliphatic rings. The van der Waals surface area contributed by atoms with Crippen molar-refractivity contribution in [2.75, 3.05) is 19.6 Å². The van der Waals surface area contributed by atoms with Crippen LogP contribution in [0.25, 0.3) is 0 Å². The highest BCUT2D eigenvalue weighted by Crippen LogP contribution is 2.37. The first-order valence-corrected chi connectivity index (χ1v) is 7.69. The minimum Gasteiger partial charge on any atom is -0.329 e. The minimum atomic E-state index is -0.167. The van der Waals surface area contributed by atoms with E-state index in [4.69, 9.17) is 5.73 Å². The van der Waals surface area contributed by atoms with Crippen LogP contribution in [0, 0.1) is 18.2 Å². The molecule has 0 aromatic heterocycles. The molecular formula is C17H27FN2. The fraction of sp³-hybridized carbons (Fsp3) is 0.647. The largest absolute Gasteiger partial charge is 0.329 e. The van der Waals surface area contributed by atoms with Crippen LogP contribution in [0.15, 0.2) is 18.2 Å². The van der Waals surface area contributed by atoms with E-state index in [0.29, 0.717) is 12.0 Å². The van der Waals surface area contributed by atoms with E-state index >= 15 is 0 Å². The van der Waals surface area contributed by atoms with Gasteiger partial charge in [-0.25, -0.2) is 4.39 Å². The number of hydrogen-bond acceptors (Lipinski definition) is 2. The molecule has 0 aliphatic carbocycles. The van der Waals surface area contributed by atoms with Gasteiger partial charge in [0.1, 0.15) is 5.82 Å². The van der Waals surface area contributed by atoms with E-state index in [9.17, 15) is 4.39 Å². The van der Waals surface area contributed by atoms with Gasteiger partial charge >= 0.3 is 0 Å². The third-order valence-corrected chi connectivity index (χ3v) is 5.12. The number of benzene rings is 1. The summed E-state index contributed by atoms with van der Waals surface area (Å²) < 4.78 is 13.5. The standard InChI is InChI=1S/C17H27FN2/c1-4-17(3)7-9-20(10-8-17)16(12-19)15-11-14(18)6-5-13(15)2/h5-6,11,16H,4,7-10,12,19H2,1-3H3. The number of aryl methyl sites for hydroxylation is 1. The molecule has 2 N–H and O–H groups in total. The van der Waals surface area contributed by atoms with Crippen LogP contribution in [-0.4, -0.2) is 24.5 Å². The van der Waals surface area contributed by atoms with E-state index in [1.165, 1.54) is 25.3 Å². The second-order valence-electron chi connectivity index (χ2n) is 6.45. The maximum absolute atomic E-state index is 13.5. The average Bonchev–Trinajstić information content (AvgIpc) is 2.45. The summed E-state index contributed by atoms with van der Waals surface area (Å²) in [6, 6.07) is 5.18. The van der Waals surface area contributed by atoms with Crippen LogP contribution in [0.5, 0.6) is 0 Å². The van der Waals surface area contributed by atoms with Crippen LogP contribution in [-0.2, 0) is 0 Å². The first kappa shape index (κ1) is 15.5. The molecule has 1 heterocycles. The van der Waals surface area contributed by atoms with Crippen molar-refractivity contribution in [1.82, 2.24) is 4.90 Å². The Morgan fingerprint density at radius 3 is 2.55 bits per heavy atom. The van der Waals surface area contributed by atoms with E-state index in [-0.39, 0.29) is 11.9 Å². The Kier molecular flexibility index (Phi) is 4.82. The quantitative estimate of drug-likeness (QED) is 0.911. The molecule has 0 radical (unpaired) electrons. The summed E-state index contributed by atoms with van der Waals surface area (Å²) in [7, 11) is 0. The van der Waals surface area contributed by atoms with Crippen molar-refractivity contribution in [1.29, 1.82) is 0 Å².